The molecule has 11 heteroatoms. The van der Waals surface area contributed by atoms with Gasteiger partial charge in [-0.15, -0.1) is 0 Å². The van der Waals surface area contributed by atoms with E-state index in [1.54, 1.807) is 26.4 Å². The van der Waals surface area contributed by atoms with E-state index in [1.807, 2.05) is 26.0 Å². The highest BCUT2D eigenvalue weighted by atomic mass is 16.6. The van der Waals surface area contributed by atoms with Gasteiger partial charge in [-0.3, -0.25) is 9.69 Å². The Hall–Kier alpha value is -3.96. The van der Waals surface area contributed by atoms with Crippen molar-refractivity contribution in [1.82, 2.24) is 9.88 Å². The molecule has 1 aliphatic carbocycles. The van der Waals surface area contributed by atoms with Crippen LogP contribution in [0, 0.1) is 17.8 Å². The highest BCUT2D eigenvalue weighted by Crippen LogP contribution is 2.51. The molecule has 3 heterocycles. The largest absolute Gasteiger partial charge is 0.497 e. The third kappa shape index (κ3) is 5.64. The first kappa shape index (κ1) is 32.0. The highest BCUT2D eigenvalue weighted by molar-refractivity contribution is 5.91. The lowest BCUT2D eigenvalue weighted by molar-refractivity contribution is -0.176. The van der Waals surface area contributed by atoms with Crippen molar-refractivity contribution in [2.24, 2.45) is 17.8 Å². The maximum atomic E-state index is 13.7. The standard InChI is InChI=1S/C35H44N2O9/c1-7-44-27-13-19(14-28(45-8-2)32(27)41-4)34(38)46-29-15-20-18-37-12-11-23-22-10-9-21(40-3)16-25(22)36-31(23)26(37)17-24(20)30(33(29)42-5)35(39)43-6/h9-10,13-14,16,20,24,26,29-30,33,36H,7-8,11-12,15,17-18H2,1-6H3/t20-,24+,26+,29-,30+,33-/m1/s1. The van der Waals surface area contributed by atoms with Gasteiger partial charge in [-0.1, -0.05) is 0 Å². The van der Waals surface area contributed by atoms with Gasteiger partial charge in [0.05, 0.1) is 52.1 Å². The van der Waals surface area contributed by atoms with Crippen molar-refractivity contribution < 1.29 is 42.7 Å². The van der Waals surface area contributed by atoms with Gasteiger partial charge in [-0.05, 0) is 74.8 Å². The van der Waals surface area contributed by atoms with Crippen LogP contribution in [0.1, 0.15) is 54.3 Å². The van der Waals surface area contributed by atoms with Crippen LogP contribution in [-0.2, 0) is 25.4 Å². The summed E-state index contributed by atoms with van der Waals surface area (Å²) in [5, 5.41) is 1.21. The number of nitrogens with zero attached hydrogens (tertiary/aromatic N) is 1. The minimum Gasteiger partial charge on any atom is -0.497 e. The zero-order chi connectivity index (χ0) is 32.5. The van der Waals surface area contributed by atoms with Crippen molar-refractivity contribution >= 4 is 22.8 Å². The van der Waals surface area contributed by atoms with Crippen molar-refractivity contribution in [3.8, 4) is 23.0 Å². The van der Waals surface area contributed by atoms with Crippen molar-refractivity contribution in [2.75, 3.05) is 54.7 Å². The normalized spacial score (nSPS) is 25.5. The first-order valence-corrected chi connectivity index (χ1v) is 16.1. The molecule has 6 rings (SSSR count). The number of rotatable bonds is 10. The summed E-state index contributed by atoms with van der Waals surface area (Å²) in [5.41, 5.74) is 3.85. The number of methoxy groups -OCH3 is 4. The number of fused-ring (bicyclic) bond motifs is 6. The molecule has 0 spiro atoms. The number of esters is 2. The Morgan fingerprint density at radius 2 is 1.70 bits per heavy atom. The summed E-state index contributed by atoms with van der Waals surface area (Å²) in [6.45, 7) is 6.15. The summed E-state index contributed by atoms with van der Waals surface area (Å²) in [6, 6.07) is 9.50. The number of piperidine rings is 1. The zero-order valence-electron chi connectivity index (χ0n) is 27.4. The Morgan fingerprint density at radius 1 is 0.957 bits per heavy atom. The topological polar surface area (TPSA) is 118 Å². The minimum atomic E-state index is -0.671. The molecule has 2 aliphatic heterocycles. The minimum absolute atomic E-state index is 0.0180. The summed E-state index contributed by atoms with van der Waals surface area (Å²) in [7, 11) is 6.17. The van der Waals surface area contributed by atoms with Crippen LogP contribution in [0.5, 0.6) is 23.0 Å². The van der Waals surface area contributed by atoms with Crippen LogP contribution < -0.4 is 18.9 Å². The van der Waals surface area contributed by atoms with Gasteiger partial charge in [0.2, 0.25) is 5.75 Å². The number of benzene rings is 2. The molecule has 11 nitrogen and oxygen atoms in total. The van der Waals surface area contributed by atoms with E-state index in [0.29, 0.717) is 36.9 Å². The Labute approximate surface area is 269 Å². The highest BCUT2D eigenvalue weighted by Gasteiger charge is 2.54. The Bertz CT molecular complexity index is 1560. The molecule has 1 saturated carbocycles. The number of H-pyrrole nitrogens is 1. The number of nitrogens with one attached hydrogen (secondary N) is 1. The van der Waals surface area contributed by atoms with E-state index < -0.39 is 24.1 Å². The lowest BCUT2D eigenvalue weighted by Gasteiger charge is -2.52. The third-order valence-electron chi connectivity index (χ3n) is 9.92. The van der Waals surface area contributed by atoms with Gasteiger partial charge < -0.3 is 38.1 Å². The molecular formula is C35H44N2O9. The van der Waals surface area contributed by atoms with Crippen LogP contribution in [0.2, 0.25) is 0 Å². The molecule has 0 amide bonds. The zero-order valence-corrected chi connectivity index (χ0v) is 27.4. The molecule has 3 aliphatic rings. The Morgan fingerprint density at radius 3 is 2.33 bits per heavy atom. The summed E-state index contributed by atoms with van der Waals surface area (Å²) in [4.78, 5) is 33.4. The first-order chi connectivity index (χ1) is 22.3. The van der Waals surface area contributed by atoms with Crippen molar-refractivity contribution in [3.63, 3.8) is 0 Å². The fourth-order valence-electron chi connectivity index (χ4n) is 7.98. The summed E-state index contributed by atoms with van der Waals surface area (Å²) < 4.78 is 40.0. The molecule has 0 bridgehead atoms. The first-order valence-electron chi connectivity index (χ1n) is 16.1. The monoisotopic (exact) mass is 636 g/mol. The average molecular weight is 637 g/mol. The van der Waals surface area contributed by atoms with Crippen molar-refractivity contribution in [3.05, 3.63) is 47.2 Å². The van der Waals surface area contributed by atoms with E-state index in [9.17, 15) is 9.59 Å². The fraction of sp³-hybridized carbons (Fsp3) is 0.543. The predicted octanol–water partition coefficient (Wildman–Crippen LogP) is 4.95. The maximum absolute atomic E-state index is 13.7. The number of aromatic amines is 1. The smallest absolute Gasteiger partial charge is 0.338 e. The SMILES string of the molecule is CCOc1cc(C(=O)O[C@@H]2C[C@@H]3CN4CCc5c([nH]c6cc(OC)ccc56)[C@@H]4C[C@@H]3[C@H](C(=O)OC)[C@@H]2OC)cc(OCC)c1OC. The molecule has 1 saturated heterocycles. The molecular weight excluding hydrogens is 592 g/mol. The lowest BCUT2D eigenvalue weighted by atomic mass is 9.63. The van der Waals surface area contributed by atoms with Gasteiger partial charge in [0, 0.05) is 42.9 Å². The number of aromatic nitrogens is 1. The van der Waals surface area contributed by atoms with Gasteiger partial charge in [-0.25, -0.2) is 4.79 Å². The van der Waals surface area contributed by atoms with Gasteiger partial charge in [0.25, 0.3) is 0 Å². The molecule has 0 radical (unpaired) electrons. The summed E-state index contributed by atoms with van der Waals surface area (Å²) >= 11 is 0. The van der Waals surface area contributed by atoms with E-state index >= 15 is 0 Å². The molecule has 6 atom stereocenters. The second-order valence-electron chi connectivity index (χ2n) is 12.1. The molecule has 1 N–H and O–H groups in total. The average Bonchev–Trinajstić information content (AvgIpc) is 3.45. The third-order valence-corrected chi connectivity index (χ3v) is 9.92. The Balaban J connectivity index is 1.29. The van der Waals surface area contributed by atoms with Crippen LogP contribution in [0.4, 0.5) is 0 Å². The number of hydrogen-bond donors (Lipinski definition) is 1. The molecule has 2 fully saturated rings. The predicted molar refractivity (Wildman–Crippen MR) is 170 cm³/mol. The van der Waals surface area contributed by atoms with Gasteiger partial charge in [0.1, 0.15) is 18.0 Å². The second-order valence-corrected chi connectivity index (χ2v) is 12.1. The van der Waals surface area contributed by atoms with Gasteiger partial charge in [-0.2, -0.15) is 0 Å². The molecule has 1 aromatic heterocycles. The van der Waals surface area contributed by atoms with Crippen LogP contribution in [0.3, 0.4) is 0 Å². The second kappa shape index (κ2) is 13.4. The van der Waals surface area contributed by atoms with Crippen molar-refractivity contribution in [1.29, 1.82) is 0 Å². The molecule has 2 aromatic carbocycles. The van der Waals surface area contributed by atoms with Gasteiger partial charge >= 0.3 is 11.9 Å². The molecule has 0 unspecified atom stereocenters. The molecule has 3 aromatic rings. The maximum Gasteiger partial charge on any atom is 0.338 e. The van der Waals surface area contributed by atoms with Crippen LogP contribution in [-0.4, -0.2) is 88.8 Å². The molecule has 46 heavy (non-hydrogen) atoms. The van der Waals surface area contributed by atoms with Gasteiger partial charge in [0.15, 0.2) is 11.5 Å². The van der Waals surface area contributed by atoms with Crippen molar-refractivity contribution in [2.45, 2.75) is 51.4 Å². The molecule has 248 valence electrons. The number of hydrogen-bond acceptors (Lipinski definition) is 10. The lowest BCUT2D eigenvalue weighted by Crippen LogP contribution is -2.58. The van der Waals surface area contributed by atoms with E-state index in [2.05, 4.69) is 16.0 Å². The number of ether oxygens (including phenoxy) is 7. The summed E-state index contributed by atoms with van der Waals surface area (Å²) in [5.74, 6) is 0.583. The Kier molecular flexibility index (Phi) is 9.33. The van der Waals surface area contributed by atoms with E-state index in [0.717, 1.165) is 37.2 Å². The number of carbonyl (C=O) groups is 2. The van der Waals surface area contributed by atoms with Crippen LogP contribution in [0.25, 0.3) is 10.9 Å². The number of carbonyl (C=O) groups excluding carboxylic acids is 2. The van der Waals surface area contributed by atoms with Crippen LogP contribution >= 0.6 is 0 Å². The van der Waals surface area contributed by atoms with E-state index in [1.165, 1.54) is 30.9 Å². The van der Waals surface area contributed by atoms with Crippen LogP contribution in [0.15, 0.2) is 30.3 Å². The quantitative estimate of drug-likeness (QED) is 0.306. The summed E-state index contributed by atoms with van der Waals surface area (Å²) in [6.07, 6.45) is 0.922. The fourth-order valence-corrected chi connectivity index (χ4v) is 7.98. The van der Waals surface area contributed by atoms with E-state index in [-0.39, 0.29) is 29.4 Å². The van der Waals surface area contributed by atoms with E-state index in [4.69, 9.17) is 33.2 Å².